The van der Waals surface area contributed by atoms with Crippen LogP contribution in [0, 0.1) is 0 Å². The van der Waals surface area contributed by atoms with Gasteiger partial charge in [-0.05, 0) is 52.7 Å². The molecule has 0 saturated carbocycles. The van der Waals surface area contributed by atoms with Gasteiger partial charge in [-0.3, -0.25) is 4.79 Å². The summed E-state index contributed by atoms with van der Waals surface area (Å²) in [4.78, 5) is 23.8. The number of hydrogen-bond donors (Lipinski definition) is 1. The van der Waals surface area contributed by atoms with Gasteiger partial charge < -0.3 is 14.8 Å². The minimum Gasteiger partial charge on any atom is -0.492 e. The van der Waals surface area contributed by atoms with Gasteiger partial charge in [0.1, 0.15) is 11.5 Å². The van der Waals surface area contributed by atoms with Crippen LogP contribution in [0.2, 0.25) is 0 Å². The molecule has 0 spiro atoms. The fraction of sp³-hybridized carbons (Fsp3) is 0.263. The summed E-state index contributed by atoms with van der Waals surface area (Å²) in [6.45, 7) is 4.40. The van der Waals surface area contributed by atoms with Crippen LogP contribution in [-0.4, -0.2) is 18.5 Å². The second-order valence-corrected chi connectivity index (χ2v) is 6.17. The summed E-state index contributed by atoms with van der Waals surface area (Å²) in [6, 6.07) is 11.8. The number of nitrogens with one attached hydrogen (secondary N) is 1. The number of amides is 1. The summed E-state index contributed by atoms with van der Waals surface area (Å²) in [6.07, 6.45) is 1.28. The van der Waals surface area contributed by atoms with Gasteiger partial charge in [0.15, 0.2) is 0 Å². The Morgan fingerprint density at radius 3 is 2.60 bits per heavy atom. The molecule has 25 heavy (non-hydrogen) atoms. The maximum Gasteiger partial charge on any atom is 0.343 e. The number of rotatable bonds is 7. The number of halogens is 1. The molecule has 2 aromatic carbocycles. The van der Waals surface area contributed by atoms with Gasteiger partial charge >= 0.3 is 5.97 Å². The lowest BCUT2D eigenvalue weighted by atomic mass is 10.2. The Morgan fingerprint density at radius 1 is 1.12 bits per heavy atom. The molecular weight excluding hydrogens is 386 g/mol. The average molecular weight is 406 g/mol. The number of benzene rings is 2. The highest BCUT2D eigenvalue weighted by atomic mass is 79.9. The first kappa shape index (κ1) is 19.0. The molecule has 2 aromatic rings. The van der Waals surface area contributed by atoms with E-state index >= 15 is 0 Å². The summed E-state index contributed by atoms with van der Waals surface area (Å²) in [7, 11) is 0. The summed E-state index contributed by atoms with van der Waals surface area (Å²) < 4.78 is 11.6. The molecule has 0 bridgehead atoms. The van der Waals surface area contributed by atoms with E-state index < -0.39 is 5.97 Å². The molecule has 6 heteroatoms. The van der Waals surface area contributed by atoms with Crippen LogP contribution >= 0.6 is 15.9 Å². The van der Waals surface area contributed by atoms with E-state index in [-0.39, 0.29) is 5.91 Å². The summed E-state index contributed by atoms with van der Waals surface area (Å²) >= 11 is 3.40. The van der Waals surface area contributed by atoms with Crippen LogP contribution in [-0.2, 0) is 4.79 Å². The molecule has 0 radical (unpaired) electrons. The van der Waals surface area contributed by atoms with Gasteiger partial charge in [-0.25, -0.2) is 4.79 Å². The molecule has 0 atom stereocenters. The fourth-order valence-corrected chi connectivity index (χ4v) is 2.50. The standard InChI is InChI=1S/C19H20BrNO4/c1-3-10-24-17-9-8-13(11-16(17)20)19(23)25-15-7-5-6-14(12-15)21-18(22)4-2/h5-9,11-12H,3-4,10H2,1-2H3,(H,21,22). The molecule has 0 saturated heterocycles. The summed E-state index contributed by atoms with van der Waals surface area (Å²) in [5, 5.41) is 2.73. The summed E-state index contributed by atoms with van der Waals surface area (Å²) in [5.74, 6) is 0.459. The third-order valence-electron chi connectivity index (χ3n) is 3.28. The lowest BCUT2D eigenvalue weighted by Gasteiger charge is -2.10. The molecule has 0 aliphatic rings. The van der Waals surface area contributed by atoms with Crippen LogP contribution in [0.15, 0.2) is 46.9 Å². The highest BCUT2D eigenvalue weighted by molar-refractivity contribution is 9.10. The van der Waals surface area contributed by atoms with Crippen molar-refractivity contribution in [2.75, 3.05) is 11.9 Å². The van der Waals surface area contributed by atoms with E-state index in [0.29, 0.717) is 40.3 Å². The van der Waals surface area contributed by atoms with E-state index in [1.165, 1.54) is 0 Å². The zero-order valence-corrected chi connectivity index (χ0v) is 15.8. The van der Waals surface area contributed by atoms with Crippen molar-refractivity contribution in [3.05, 3.63) is 52.5 Å². The molecule has 1 amide bonds. The monoisotopic (exact) mass is 405 g/mol. The molecule has 2 rings (SSSR count). The Hall–Kier alpha value is -2.34. The molecule has 0 heterocycles. The Balaban J connectivity index is 2.08. The molecule has 0 aliphatic heterocycles. The van der Waals surface area contributed by atoms with E-state index in [1.807, 2.05) is 6.92 Å². The molecule has 0 aliphatic carbocycles. The van der Waals surface area contributed by atoms with Gasteiger partial charge in [-0.15, -0.1) is 0 Å². The van der Waals surface area contributed by atoms with Crippen LogP contribution in [0.1, 0.15) is 37.0 Å². The number of ether oxygens (including phenoxy) is 2. The lowest BCUT2D eigenvalue weighted by molar-refractivity contribution is -0.115. The third-order valence-corrected chi connectivity index (χ3v) is 3.90. The van der Waals surface area contributed by atoms with Crippen molar-refractivity contribution < 1.29 is 19.1 Å². The topological polar surface area (TPSA) is 64.6 Å². The minimum absolute atomic E-state index is 0.102. The molecule has 1 N–H and O–H groups in total. The van der Waals surface area contributed by atoms with Crippen LogP contribution in [0.4, 0.5) is 5.69 Å². The van der Waals surface area contributed by atoms with Gasteiger partial charge in [-0.1, -0.05) is 19.9 Å². The molecule has 5 nitrogen and oxygen atoms in total. The SMILES string of the molecule is CCCOc1ccc(C(=O)Oc2cccc(NC(=O)CC)c2)cc1Br. The van der Waals surface area contributed by atoms with Crippen LogP contribution < -0.4 is 14.8 Å². The van der Waals surface area contributed by atoms with Crippen molar-refractivity contribution in [2.45, 2.75) is 26.7 Å². The molecular formula is C19H20BrNO4. The number of carbonyl (C=O) groups excluding carboxylic acids is 2. The quantitative estimate of drug-likeness (QED) is 0.530. The smallest absolute Gasteiger partial charge is 0.343 e. The second kappa shape index (κ2) is 9.22. The molecule has 0 fully saturated rings. The molecule has 0 unspecified atom stereocenters. The van der Waals surface area contributed by atoms with E-state index in [0.717, 1.165) is 6.42 Å². The first-order valence-electron chi connectivity index (χ1n) is 8.08. The summed E-state index contributed by atoms with van der Waals surface area (Å²) in [5.41, 5.74) is 0.986. The van der Waals surface area contributed by atoms with Gasteiger partial charge in [0, 0.05) is 18.2 Å². The Labute approximate surface area is 155 Å². The Bertz CT molecular complexity index is 761. The van der Waals surface area contributed by atoms with Crippen LogP contribution in [0.25, 0.3) is 0 Å². The van der Waals surface area contributed by atoms with E-state index in [1.54, 1.807) is 49.4 Å². The van der Waals surface area contributed by atoms with Crippen molar-refractivity contribution >= 4 is 33.5 Å². The zero-order valence-electron chi connectivity index (χ0n) is 14.2. The first-order chi connectivity index (χ1) is 12.0. The maximum atomic E-state index is 12.3. The normalized spacial score (nSPS) is 10.2. The van der Waals surface area contributed by atoms with E-state index in [2.05, 4.69) is 21.2 Å². The predicted molar refractivity (Wildman–Crippen MR) is 100 cm³/mol. The van der Waals surface area contributed by atoms with Gasteiger partial charge in [0.05, 0.1) is 16.6 Å². The maximum absolute atomic E-state index is 12.3. The second-order valence-electron chi connectivity index (χ2n) is 5.31. The highest BCUT2D eigenvalue weighted by Crippen LogP contribution is 2.27. The van der Waals surface area contributed by atoms with E-state index in [4.69, 9.17) is 9.47 Å². The molecule has 132 valence electrons. The number of esters is 1. The largest absolute Gasteiger partial charge is 0.492 e. The van der Waals surface area contributed by atoms with E-state index in [9.17, 15) is 9.59 Å². The Kier molecular flexibility index (Phi) is 7.01. The van der Waals surface area contributed by atoms with Gasteiger partial charge in [-0.2, -0.15) is 0 Å². The number of anilines is 1. The predicted octanol–water partition coefficient (Wildman–Crippen LogP) is 4.81. The Morgan fingerprint density at radius 2 is 1.92 bits per heavy atom. The van der Waals surface area contributed by atoms with Crippen molar-refractivity contribution in [3.8, 4) is 11.5 Å². The number of carbonyl (C=O) groups is 2. The van der Waals surface area contributed by atoms with Crippen LogP contribution in [0.5, 0.6) is 11.5 Å². The van der Waals surface area contributed by atoms with Crippen molar-refractivity contribution in [1.82, 2.24) is 0 Å². The zero-order chi connectivity index (χ0) is 18.2. The first-order valence-corrected chi connectivity index (χ1v) is 8.87. The van der Waals surface area contributed by atoms with Gasteiger partial charge in [0.25, 0.3) is 0 Å². The van der Waals surface area contributed by atoms with Crippen molar-refractivity contribution in [1.29, 1.82) is 0 Å². The minimum atomic E-state index is -0.485. The van der Waals surface area contributed by atoms with Gasteiger partial charge in [0.2, 0.25) is 5.91 Å². The average Bonchev–Trinajstić information content (AvgIpc) is 2.60. The number of hydrogen-bond acceptors (Lipinski definition) is 4. The fourth-order valence-electron chi connectivity index (χ4n) is 2.01. The third kappa shape index (κ3) is 5.60. The highest BCUT2D eigenvalue weighted by Gasteiger charge is 2.12. The van der Waals surface area contributed by atoms with Crippen LogP contribution in [0.3, 0.4) is 0 Å². The van der Waals surface area contributed by atoms with Crippen molar-refractivity contribution in [3.63, 3.8) is 0 Å². The van der Waals surface area contributed by atoms with Crippen molar-refractivity contribution in [2.24, 2.45) is 0 Å². The lowest BCUT2D eigenvalue weighted by Crippen LogP contribution is -2.11. The molecule has 0 aromatic heterocycles.